The summed E-state index contributed by atoms with van der Waals surface area (Å²) in [6.07, 6.45) is 0.569. The van der Waals surface area contributed by atoms with Crippen molar-refractivity contribution in [2.24, 2.45) is 7.05 Å². The summed E-state index contributed by atoms with van der Waals surface area (Å²) >= 11 is 0. The van der Waals surface area contributed by atoms with Crippen LogP contribution in [0.3, 0.4) is 0 Å². The van der Waals surface area contributed by atoms with E-state index in [1.807, 2.05) is 24.6 Å². The number of nitrogens with one attached hydrogen (secondary N) is 1. The Morgan fingerprint density at radius 3 is 2.94 bits per heavy atom. The van der Waals surface area contributed by atoms with Crippen molar-refractivity contribution in [2.75, 3.05) is 19.8 Å². The molecule has 2 rings (SSSR count). The van der Waals surface area contributed by atoms with Gasteiger partial charge in [0, 0.05) is 32.3 Å². The van der Waals surface area contributed by atoms with Gasteiger partial charge in [-0.05, 0) is 19.1 Å². The summed E-state index contributed by atoms with van der Waals surface area (Å²) in [6.45, 7) is 3.01. The Hall–Kier alpha value is -1.33. The number of hydrogen-bond acceptors (Lipinski definition) is 3. The van der Waals surface area contributed by atoms with Crippen molar-refractivity contribution in [3.63, 3.8) is 0 Å². The number of hydrogen-bond donors (Lipinski definition) is 2. The molecule has 0 aliphatic carbocycles. The Kier molecular flexibility index (Phi) is 3.22. The van der Waals surface area contributed by atoms with E-state index in [1.54, 1.807) is 6.07 Å². The number of carbonyl (C=O) groups excluding carboxylic acids is 1. The van der Waals surface area contributed by atoms with Gasteiger partial charge in [0.2, 0.25) is 0 Å². The molecule has 1 aromatic heterocycles. The van der Waals surface area contributed by atoms with Crippen molar-refractivity contribution in [2.45, 2.75) is 18.9 Å². The molecule has 94 valence electrons. The van der Waals surface area contributed by atoms with Gasteiger partial charge in [-0.15, -0.1) is 0 Å². The van der Waals surface area contributed by atoms with Crippen molar-refractivity contribution in [3.05, 3.63) is 23.5 Å². The van der Waals surface area contributed by atoms with Crippen LogP contribution in [-0.4, -0.2) is 40.9 Å². The molecule has 0 bridgehead atoms. The fourth-order valence-electron chi connectivity index (χ4n) is 1.91. The van der Waals surface area contributed by atoms with Gasteiger partial charge in [0.25, 0.3) is 5.91 Å². The molecule has 5 nitrogen and oxygen atoms in total. The standard InChI is InChI=1S/C12H18N2O3/c1-9-3-4-10(14(9)2)11(15)13-7-12(16)5-6-17-8-12/h3-4,16H,5-8H2,1-2H3,(H,13,15). The minimum Gasteiger partial charge on any atom is -0.386 e. The average molecular weight is 238 g/mol. The van der Waals surface area contributed by atoms with Crippen LogP contribution >= 0.6 is 0 Å². The minimum absolute atomic E-state index is 0.166. The van der Waals surface area contributed by atoms with E-state index in [-0.39, 0.29) is 12.5 Å². The number of carbonyl (C=O) groups is 1. The van der Waals surface area contributed by atoms with Crippen LogP contribution in [0, 0.1) is 6.92 Å². The zero-order valence-electron chi connectivity index (χ0n) is 10.2. The molecule has 1 aliphatic heterocycles. The lowest BCUT2D eigenvalue weighted by Crippen LogP contribution is -2.43. The van der Waals surface area contributed by atoms with Crippen LogP contribution in [0.5, 0.6) is 0 Å². The van der Waals surface area contributed by atoms with Crippen molar-refractivity contribution < 1.29 is 14.6 Å². The van der Waals surface area contributed by atoms with E-state index in [0.29, 0.717) is 25.3 Å². The van der Waals surface area contributed by atoms with E-state index < -0.39 is 5.60 Å². The van der Waals surface area contributed by atoms with Gasteiger partial charge in [-0.2, -0.15) is 0 Å². The number of aromatic nitrogens is 1. The van der Waals surface area contributed by atoms with Gasteiger partial charge in [-0.1, -0.05) is 0 Å². The topological polar surface area (TPSA) is 63.5 Å². The van der Waals surface area contributed by atoms with Crippen molar-refractivity contribution >= 4 is 5.91 Å². The van der Waals surface area contributed by atoms with E-state index in [2.05, 4.69) is 5.32 Å². The first-order chi connectivity index (χ1) is 8.02. The third-order valence-electron chi connectivity index (χ3n) is 3.27. The minimum atomic E-state index is -0.907. The maximum Gasteiger partial charge on any atom is 0.268 e. The van der Waals surface area contributed by atoms with Gasteiger partial charge < -0.3 is 19.7 Å². The highest BCUT2D eigenvalue weighted by atomic mass is 16.5. The first-order valence-corrected chi connectivity index (χ1v) is 5.72. The lowest BCUT2D eigenvalue weighted by atomic mass is 10.0. The van der Waals surface area contributed by atoms with E-state index in [4.69, 9.17) is 4.74 Å². The first-order valence-electron chi connectivity index (χ1n) is 5.72. The Bertz CT molecular complexity index is 419. The molecule has 1 aliphatic rings. The van der Waals surface area contributed by atoms with E-state index >= 15 is 0 Å². The lowest BCUT2D eigenvalue weighted by Gasteiger charge is -2.20. The van der Waals surface area contributed by atoms with E-state index in [0.717, 1.165) is 5.69 Å². The largest absolute Gasteiger partial charge is 0.386 e. The maximum absolute atomic E-state index is 11.9. The molecule has 1 amide bonds. The monoisotopic (exact) mass is 238 g/mol. The van der Waals surface area contributed by atoms with E-state index in [1.165, 1.54) is 0 Å². The Labute approximate surface area is 100 Å². The van der Waals surface area contributed by atoms with Gasteiger partial charge in [-0.3, -0.25) is 4.79 Å². The summed E-state index contributed by atoms with van der Waals surface area (Å²) in [4.78, 5) is 11.9. The third-order valence-corrected chi connectivity index (χ3v) is 3.27. The second kappa shape index (κ2) is 4.50. The Morgan fingerprint density at radius 2 is 2.41 bits per heavy atom. The predicted molar refractivity (Wildman–Crippen MR) is 62.9 cm³/mol. The zero-order valence-corrected chi connectivity index (χ0v) is 10.2. The molecule has 1 saturated heterocycles. The highest BCUT2D eigenvalue weighted by Crippen LogP contribution is 2.17. The smallest absolute Gasteiger partial charge is 0.268 e. The maximum atomic E-state index is 11.9. The normalized spacial score (nSPS) is 23.9. The van der Waals surface area contributed by atoms with Crippen LogP contribution in [0.4, 0.5) is 0 Å². The summed E-state index contributed by atoms with van der Waals surface area (Å²) in [5.74, 6) is -0.166. The summed E-state index contributed by atoms with van der Waals surface area (Å²) in [7, 11) is 1.84. The van der Waals surface area contributed by atoms with Crippen LogP contribution in [0.1, 0.15) is 22.6 Å². The van der Waals surface area contributed by atoms with Crippen LogP contribution in [0.15, 0.2) is 12.1 Å². The van der Waals surface area contributed by atoms with Gasteiger partial charge in [0.15, 0.2) is 0 Å². The summed E-state index contributed by atoms with van der Waals surface area (Å²) in [5.41, 5.74) is 0.721. The summed E-state index contributed by atoms with van der Waals surface area (Å²) in [6, 6.07) is 3.67. The summed E-state index contributed by atoms with van der Waals surface area (Å²) in [5, 5.41) is 12.8. The number of ether oxygens (including phenoxy) is 1. The number of rotatable bonds is 3. The molecule has 17 heavy (non-hydrogen) atoms. The Morgan fingerprint density at radius 1 is 1.65 bits per heavy atom. The number of aliphatic hydroxyl groups is 1. The van der Waals surface area contributed by atoms with Crippen LogP contribution in [0.2, 0.25) is 0 Å². The molecule has 0 spiro atoms. The molecule has 2 N–H and O–H groups in total. The van der Waals surface area contributed by atoms with Gasteiger partial charge in [0.1, 0.15) is 11.3 Å². The molecule has 5 heteroatoms. The number of amides is 1. The molecular weight excluding hydrogens is 220 g/mol. The molecule has 1 unspecified atom stereocenters. The van der Waals surface area contributed by atoms with Crippen LogP contribution in [0.25, 0.3) is 0 Å². The highest BCUT2D eigenvalue weighted by Gasteiger charge is 2.32. The van der Waals surface area contributed by atoms with Crippen molar-refractivity contribution in [1.29, 1.82) is 0 Å². The second-order valence-electron chi connectivity index (χ2n) is 4.63. The van der Waals surface area contributed by atoms with Crippen LogP contribution in [-0.2, 0) is 11.8 Å². The average Bonchev–Trinajstić information content (AvgIpc) is 2.86. The van der Waals surface area contributed by atoms with E-state index in [9.17, 15) is 9.90 Å². The van der Waals surface area contributed by atoms with Gasteiger partial charge in [-0.25, -0.2) is 0 Å². The third kappa shape index (κ3) is 2.50. The molecule has 1 atom stereocenters. The molecule has 1 aromatic rings. The molecule has 0 aromatic carbocycles. The molecule has 0 radical (unpaired) electrons. The van der Waals surface area contributed by atoms with Crippen molar-refractivity contribution in [1.82, 2.24) is 9.88 Å². The fourth-order valence-corrected chi connectivity index (χ4v) is 1.91. The molecule has 2 heterocycles. The lowest BCUT2D eigenvalue weighted by molar-refractivity contribution is 0.0263. The molecule has 0 saturated carbocycles. The quantitative estimate of drug-likeness (QED) is 0.791. The van der Waals surface area contributed by atoms with Crippen molar-refractivity contribution in [3.8, 4) is 0 Å². The summed E-state index contributed by atoms with van der Waals surface area (Å²) < 4.78 is 6.94. The first kappa shape index (κ1) is 12.1. The fraction of sp³-hybridized carbons (Fsp3) is 0.583. The van der Waals surface area contributed by atoms with Gasteiger partial charge in [0.05, 0.1) is 6.61 Å². The predicted octanol–water partition coefficient (Wildman–Crippen LogP) is 0.215. The second-order valence-corrected chi connectivity index (χ2v) is 4.63. The SMILES string of the molecule is Cc1ccc(C(=O)NCC2(O)CCOC2)n1C. The van der Waals surface area contributed by atoms with Gasteiger partial charge >= 0.3 is 0 Å². The Balaban J connectivity index is 1.96. The highest BCUT2D eigenvalue weighted by molar-refractivity contribution is 5.92. The molecule has 1 fully saturated rings. The number of nitrogens with zero attached hydrogens (tertiary/aromatic N) is 1. The zero-order chi connectivity index (χ0) is 12.5. The van der Waals surface area contributed by atoms with Crippen LogP contribution < -0.4 is 5.32 Å². The molecular formula is C12H18N2O3. The number of aryl methyl sites for hydroxylation is 1.